The van der Waals surface area contributed by atoms with E-state index in [0.717, 1.165) is 0 Å². The zero-order chi connectivity index (χ0) is 32.7. The lowest BCUT2D eigenvalue weighted by atomic mass is 9.82. The summed E-state index contributed by atoms with van der Waals surface area (Å²) in [6.07, 6.45) is 2.04. The zero-order valence-electron chi connectivity index (χ0n) is 25.5. The molecule has 0 spiro atoms. The lowest BCUT2D eigenvalue weighted by Crippen LogP contribution is -2.47. The van der Waals surface area contributed by atoms with Crippen molar-refractivity contribution < 1.29 is 37.4 Å². The van der Waals surface area contributed by atoms with E-state index in [0.29, 0.717) is 10.6 Å². The van der Waals surface area contributed by atoms with Crippen LogP contribution in [-0.2, 0) is 19.1 Å². The van der Waals surface area contributed by atoms with Gasteiger partial charge in [0.05, 0.1) is 24.1 Å². The number of nitrogens with one attached hydrogen (secondary N) is 1. The standard InChI is InChI=1S/C31H36F3N5O5S/c1-5-30(6-2,29(42)43)15-39-14-21-23(27(39)40)31(33,34)16-38(21)13-20-22(28(41)44-7-3)24(18-9-8-10-19(32)17(18)4)37-25(36-20)26-35-11-12-45-26/h8-12,21,23-24H,5-7,13-16H2,1-4H3,(H,36,37)(H,42,43). The second-order valence-corrected chi connectivity index (χ2v) is 12.5. The van der Waals surface area contributed by atoms with Gasteiger partial charge in [0.1, 0.15) is 17.8 Å². The van der Waals surface area contributed by atoms with Crippen molar-refractivity contribution in [2.75, 3.05) is 32.8 Å². The fourth-order valence-corrected chi connectivity index (χ4v) is 7.14. The lowest BCUT2D eigenvalue weighted by molar-refractivity contribution is -0.153. The fourth-order valence-electron chi connectivity index (χ4n) is 6.55. The first-order valence-electron chi connectivity index (χ1n) is 14.9. The zero-order valence-corrected chi connectivity index (χ0v) is 26.3. The van der Waals surface area contributed by atoms with Gasteiger partial charge in [-0.15, -0.1) is 11.3 Å². The van der Waals surface area contributed by atoms with Gasteiger partial charge in [0.25, 0.3) is 5.92 Å². The number of amidine groups is 1. The van der Waals surface area contributed by atoms with Gasteiger partial charge in [0, 0.05) is 43.0 Å². The van der Waals surface area contributed by atoms with Crippen molar-refractivity contribution in [3.63, 3.8) is 0 Å². The van der Waals surface area contributed by atoms with Gasteiger partial charge in [-0.3, -0.25) is 19.5 Å². The highest BCUT2D eigenvalue weighted by Crippen LogP contribution is 2.45. The number of aliphatic imine (C=N–C) groups is 1. The molecule has 14 heteroatoms. The van der Waals surface area contributed by atoms with Gasteiger partial charge in [-0.05, 0) is 43.9 Å². The number of nitrogens with zero attached hydrogens (tertiary/aromatic N) is 4. The number of carboxylic acids is 1. The Kier molecular flexibility index (Phi) is 9.09. The molecule has 45 heavy (non-hydrogen) atoms. The first-order valence-corrected chi connectivity index (χ1v) is 15.8. The average molecular weight is 648 g/mol. The van der Waals surface area contributed by atoms with Crippen LogP contribution in [-0.4, -0.2) is 88.3 Å². The number of amides is 1. The van der Waals surface area contributed by atoms with Gasteiger partial charge in [-0.2, -0.15) is 0 Å². The Bertz CT molecular complexity index is 1540. The Morgan fingerprint density at radius 3 is 2.60 bits per heavy atom. The van der Waals surface area contributed by atoms with Crippen molar-refractivity contribution in [3.8, 4) is 0 Å². The fraction of sp³-hybridized carbons (Fsp3) is 0.516. The van der Waals surface area contributed by atoms with E-state index in [-0.39, 0.29) is 61.8 Å². The number of likely N-dealkylation sites (tertiary alicyclic amines) is 2. The largest absolute Gasteiger partial charge is 0.481 e. The van der Waals surface area contributed by atoms with Crippen molar-refractivity contribution in [2.45, 2.75) is 58.5 Å². The molecule has 0 bridgehead atoms. The maximum absolute atomic E-state index is 15.6. The van der Waals surface area contributed by atoms with Gasteiger partial charge in [-0.25, -0.2) is 22.9 Å². The van der Waals surface area contributed by atoms with E-state index in [1.807, 2.05) is 0 Å². The molecule has 3 unspecified atom stereocenters. The van der Waals surface area contributed by atoms with Gasteiger partial charge in [-0.1, -0.05) is 26.0 Å². The molecule has 2 saturated heterocycles. The minimum atomic E-state index is -3.40. The number of hydrogen-bond donors (Lipinski definition) is 2. The van der Waals surface area contributed by atoms with Crippen molar-refractivity contribution in [1.29, 1.82) is 0 Å². The SMILES string of the molecule is CCOC(=O)C1=C(CN2CC(F)(F)C3C(=O)N(CC(CC)(CC)C(=O)O)CC32)NC(c2nccs2)=NC1c1cccc(F)c1C. The molecular weight excluding hydrogens is 611 g/mol. The first-order chi connectivity index (χ1) is 21.4. The lowest BCUT2D eigenvalue weighted by Gasteiger charge is -2.34. The third kappa shape index (κ3) is 5.85. The van der Waals surface area contributed by atoms with Crippen molar-refractivity contribution in [3.05, 3.63) is 63.0 Å². The number of halogens is 3. The maximum atomic E-state index is 15.6. The predicted molar refractivity (Wildman–Crippen MR) is 160 cm³/mol. The second-order valence-electron chi connectivity index (χ2n) is 11.6. The molecule has 3 aliphatic heterocycles. The molecule has 4 heterocycles. The van der Waals surface area contributed by atoms with Crippen molar-refractivity contribution in [2.24, 2.45) is 16.3 Å². The minimum absolute atomic E-state index is 0.0314. The number of carboxylic acid groups (broad SMARTS) is 1. The molecule has 1 amide bonds. The van der Waals surface area contributed by atoms with Crippen LogP contribution < -0.4 is 5.32 Å². The number of ether oxygens (including phenoxy) is 1. The monoisotopic (exact) mass is 647 g/mol. The van der Waals surface area contributed by atoms with E-state index in [1.54, 1.807) is 45.3 Å². The van der Waals surface area contributed by atoms with E-state index in [1.165, 1.54) is 33.3 Å². The van der Waals surface area contributed by atoms with Crippen LogP contribution in [0.15, 0.2) is 46.0 Å². The molecule has 1 aromatic heterocycles. The smallest absolute Gasteiger partial charge is 0.338 e. The number of carbonyl (C=O) groups excluding carboxylic acids is 2. The Labute approximate surface area is 263 Å². The molecule has 10 nitrogen and oxygen atoms in total. The molecule has 2 N–H and O–H groups in total. The van der Waals surface area contributed by atoms with E-state index >= 15 is 8.78 Å². The second kappa shape index (κ2) is 12.5. The van der Waals surface area contributed by atoms with E-state index in [4.69, 9.17) is 9.73 Å². The van der Waals surface area contributed by atoms with Crippen LogP contribution in [0.4, 0.5) is 13.2 Å². The highest BCUT2D eigenvalue weighted by Gasteiger charge is 2.63. The molecule has 2 aromatic rings. The summed E-state index contributed by atoms with van der Waals surface area (Å²) in [4.78, 5) is 50.8. The molecular formula is C31H36F3N5O5S. The minimum Gasteiger partial charge on any atom is -0.481 e. The Morgan fingerprint density at radius 1 is 1.24 bits per heavy atom. The van der Waals surface area contributed by atoms with E-state index in [2.05, 4.69) is 10.3 Å². The third-order valence-corrected chi connectivity index (χ3v) is 10.0. The number of esters is 1. The number of fused-ring (bicyclic) bond motifs is 1. The molecule has 1 aromatic carbocycles. The average Bonchev–Trinajstić information content (AvgIpc) is 3.70. The van der Waals surface area contributed by atoms with E-state index < -0.39 is 59.5 Å². The van der Waals surface area contributed by atoms with E-state index in [9.17, 15) is 23.9 Å². The number of thiazole rings is 1. The number of hydrogen-bond acceptors (Lipinski definition) is 9. The highest BCUT2D eigenvalue weighted by molar-refractivity contribution is 7.11. The highest BCUT2D eigenvalue weighted by atomic mass is 32.1. The topological polar surface area (TPSA) is 124 Å². The van der Waals surface area contributed by atoms with Gasteiger partial charge >= 0.3 is 11.9 Å². The molecule has 0 radical (unpaired) electrons. The maximum Gasteiger partial charge on any atom is 0.338 e. The summed E-state index contributed by atoms with van der Waals surface area (Å²) in [5, 5.41) is 15.3. The number of aromatic nitrogens is 1. The molecule has 3 atom stereocenters. The molecule has 2 fully saturated rings. The summed E-state index contributed by atoms with van der Waals surface area (Å²) in [6.45, 7) is 5.43. The number of benzene rings is 1. The molecule has 5 rings (SSSR count). The summed E-state index contributed by atoms with van der Waals surface area (Å²) in [6, 6.07) is 2.49. The number of aliphatic carboxylic acids is 1. The number of carbonyl (C=O) groups is 3. The van der Waals surface area contributed by atoms with Crippen molar-refractivity contribution >= 4 is 35.0 Å². The van der Waals surface area contributed by atoms with Gasteiger partial charge in [0.15, 0.2) is 10.8 Å². The summed E-state index contributed by atoms with van der Waals surface area (Å²) >= 11 is 1.28. The Hall–Kier alpha value is -3.78. The Balaban J connectivity index is 1.56. The molecule has 0 aliphatic carbocycles. The van der Waals surface area contributed by atoms with Crippen LogP contribution in [0.1, 0.15) is 55.8 Å². The summed E-state index contributed by atoms with van der Waals surface area (Å²) in [5.74, 6) is -7.87. The number of alkyl halides is 2. The first kappa shape index (κ1) is 32.6. The molecule has 0 saturated carbocycles. The van der Waals surface area contributed by atoms with Crippen LogP contribution in [0.5, 0.6) is 0 Å². The van der Waals surface area contributed by atoms with Gasteiger partial charge < -0.3 is 20.1 Å². The predicted octanol–water partition coefficient (Wildman–Crippen LogP) is 4.17. The Morgan fingerprint density at radius 2 is 1.98 bits per heavy atom. The van der Waals surface area contributed by atoms with Crippen LogP contribution >= 0.6 is 11.3 Å². The van der Waals surface area contributed by atoms with Crippen LogP contribution in [0, 0.1) is 24.1 Å². The van der Waals surface area contributed by atoms with Crippen LogP contribution in [0.3, 0.4) is 0 Å². The summed E-state index contributed by atoms with van der Waals surface area (Å²) in [7, 11) is 0. The van der Waals surface area contributed by atoms with Crippen LogP contribution in [0.25, 0.3) is 0 Å². The summed E-state index contributed by atoms with van der Waals surface area (Å²) < 4.78 is 51.3. The normalized spacial score (nSPS) is 23.2. The van der Waals surface area contributed by atoms with Crippen LogP contribution in [0.2, 0.25) is 0 Å². The van der Waals surface area contributed by atoms with Gasteiger partial charge in [0.2, 0.25) is 5.91 Å². The third-order valence-electron chi connectivity index (χ3n) is 9.23. The molecule has 3 aliphatic rings. The van der Waals surface area contributed by atoms with Crippen molar-refractivity contribution in [1.82, 2.24) is 20.1 Å². The quantitative estimate of drug-likeness (QED) is 0.349. The number of rotatable bonds is 11. The molecule has 242 valence electrons. The summed E-state index contributed by atoms with van der Waals surface area (Å²) in [5.41, 5.74) is -0.311.